The van der Waals surface area contributed by atoms with Crippen LogP contribution in [0.25, 0.3) is 0 Å². The Hall–Kier alpha value is -1.07. The molecule has 0 aliphatic carbocycles. The summed E-state index contributed by atoms with van der Waals surface area (Å²) < 4.78 is 0. The smallest absolute Gasteiger partial charge is 0.129 e. The monoisotopic (exact) mass is 166 g/mol. The third-order valence-electron chi connectivity index (χ3n) is 1.37. The van der Waals surface area contributed by atoms with E-state index >= 15 is 0 Å². The van der Waals surface area contributed by atoms with Gasteiger partial charge in [0.1, 0.15) is 5.15 Å². The van der Waals surface area contributed by atoms with E-state index in [2.05, 4.69) is 11.1 Å². The summed E-state index contributed by atoms with van der Waals surface area (Å²) in [6, 6.07) is 7.36. The maximum atomic E-state index is 8.55. The molecule has 0 saturated heterocycles. The minimum absolute atomic E-state index is 0.186. The molecule has 0 aliphatic rings. The van der Waals surface area contributed by atoms with Crippen LogP contribution in [0.3, 0.4) is 0 Å². The molecule has 0 bridgehead atoms. The minimum atomic E-state index is -0.186. The molecule has 56 valence electrons. The number of rotatable bonds is 1. The predicted molar refractivity (Wildman–Crippen MR) is 43.3 cm³/mol. The number of halogens is 1. The molecule has 11 heavy (non-hydrogen) atoms. The number of nitriles is 1. The topological polar surface area (TPSA) is 36.7 Å². The quantitative estimate of drug-likeness (QED) is 0.601. The first kappa shape index (κ1) is 8.03. The summed E-state index contributed by atoms with van der Waals surface area (Å²) in [4.78, 5) is 3.99. The predicted octanol–water partition coefficient (Wildman–Crippen LogP) is 2.36. The van der Waals surface area contributed by atoms with Gasteiger partial charge in [-0.05, 0) is 19.1 Å². The van der Waals surface area contributed by atoms with E-state index in [0.29, 0.717) is 5.15 Å². The largest absolute Gasteiger partial charge is 0.240 e. The molecule has 1 unspecified atom stereocenters. The van der Waals surface area contributed by atoms with E-state index in [-0.39, 0.29) is 5.92 Å². The summed E-state index contributed by atoms with van der Waals surface area (Å²) in [6.45, 7) is 1.79. The van der Waals surface area contributed by atoms with Gasteiger partial charge >= 0.3 is 0 Å². The molecule has 0 N–H and O–H groups in total. The summed E-state index contributed by atoms with van der Waals surface area (Å²) in [5.41, 5.74) is 0.722. The summed E-state index contributed by atoms with van der Waals surface area (Å²) in [5.74, 6) is -0.186. The van der Waals surface area contributed by atoms with Gasteiger partial charge in [-0.3, -0.25) is 0 Å². The number of hydrogen-bond donors (Lipinski definition) is 0. The van der Waals surface area contributed by atoms with Crippen molar-refractivity contribution in [3.63, 3.8) is 0 Å². The lowest BCUT2D eigenvalue weighted by Gasteiger charge is -1.99. The molecule has 1 aromatic heterocycles. The summed E-state index contributed by atoms with van der Waals surface area (Å²) in [7, 11) is 0. The third kappa shape index (κ3) is 1.92. The summed E-state index contributed by atoms with van der Waals surface area (Å²) in [6.07, 6.45) is 0. The molecule has 3 heteroatoms. The van der Waals surface area contributed by atoms with Crippen LogP contribution in [0.4, 0.5) is 0 Å². The zero-order valence-electron chi connectivity index (χ0n) is 6.08. The van der Waals surface area contributed by atoms with Gasteiger partial charge in [0, 0.05) is 0 Å². The summed E-state index contributed by atoms with van der Waals surface area (Å²) in [5, 5.41) is 8.98. The second-order valence-electron chi connectivity index (χ2n) is 2.24. The van der Waals surface area contributed by atoms with Crippen LogP contribution in [0, 0.1) is 11.3 Å². The Bertz CT molecular complexity index is 290. The van der Waals surface area contributed by atoms with E-state index in [4.69, 9.17) is 16.9 Å². The second kappa shape index (κ2) is 3.36. The van der Waals surface area contributed by atoms with Crippen LogP contribution in [0.2, 0.25) is 5.15 Å². The van der Waals surface area contributed by atoms with Gasteiger partial charge in [-0.2, -0.15) is 5.26 Å². The van der Waals surface area contributed by atoms with Crippen molar-refractivity contribution in [2.75, 3.05) is 0 Å². The highest BCUT2D eigenvalue weighted by Gasteiger charge is 2.04. The maximum absolute atomic E-state index is 8.55. The average molecular weight is 167 g/mol. The zero-order chi connectivity index (χ0) is 8.27. The first-order chi connectivity index (χ1) is 5.24. The molecule has 0 radical (unpaired) electrons. The molecule has 0 amide bonds. The molecule has 1 aromatic rings. The van der Waals surface area contributed by atoms with E-state index in [0.717, 1.165) is 5.69 Å². The molecule has 1 rings (SSSR count). The van der Waals surface area contributed by atoms with Crippen LogP contribution < -0.4 is 0 Å². The molecule has 1 atom stereocenters. The average Bonchev–Trinajstić information content (AvgIpc) is 2.03. The van der Waals surface area contributed by atoms with Gasteiger partial charge < -0.3 is 0 Å². The van der Waals surface area contributed by atoms with E-state index < -0.39 is 0 Å². The number of pyridine rings is 1. The van der Waals surface area contributed by atoms with Gasteiger partial charge in [-0.1, -0.05) is 17.7 Å². The van der Waals surface area contributed by atoms with Crippen LogP contribution in [-0.2, 0) is 0 Å². The van der Waals surface area contributed by atoms with Gasteiger partial charge in [0.2, 0.25) is 0 Å². The normalized spacial score (nSPS) is 12.1. The van der Waals surface area contributed by atoms with E-state index in [1.165, 1.54) is 0 Å². The molecule has 0 spiro atoms. The van der Waals surface area contributed by atoms with Gasteiger partial charge in [0.05, 0.1) is 17.7 Å². The molecule has 1 heterocycles. The number of nitrogens with zero attached hydrogens (tertiary/aromatic N) is 2. The summed E-state index contributed by atoms with van der Waals surface area (Å²) >= 11 is 5.63. The Labute approximate surface area is 70.4 Å². The van der Waals surface area contributed by atoms with Crippen molar-refractivity contribution in [1.82, 2.24) is 4.98 Å². The van der Waals surface area contributed by atoms with Crippen LogP contribution in [0.5, 0.6) is 0 Å². The van der Waals surface area contributed by atoms with Gasteiger partial charge in [0.25, 0.3) is 0 Å². The molecule has 0 aliphatic heterocycles. The number of hydrogen-bond acceptors (Lipinski definition) is 2. The Morgan fingerprint density at radius 3 is 2.91 bits per heavy atom. The Balaban J connectivity index is 2.98. The molecule has 0 saturated carbocycles. The third-order valence-corrected chi connectivity index (χ3v) is 1.58. The lowest BCUT2D eigenvalue weighted by Crippen LogP contribution is -1.92. The molecule has 0 fully saturated rings. The molecule has 2 nitrogen and oxygen atoms in total. The number of aromatic nitrogens is 1. The first-order valence-electron chi connectivity index (χ1n) is 3.26. The fourth-order valence-corrected chi connectivity index (χ4v) is 0.902. The van der Waals surface area contributed by atoms with E-state index in [9.17, 15) is 0 Å². The van der Waals surface area contributed by atoms with Crippen LogP contribution in [-0.4, -0.2) is 4.98 Å². The van der Waals surface area contributed by atoms with Crippen molar-refractivity contribution in [1.29, 1.82) is 5.26 Å². The lowest BCUT2D eigenvalue weighted by molar-refractivity contribution is 0.920. The van der Waals surface area contributed by atoms with Gasteiger partial charge in [-0.25, -0.2) is 4.98 Å². The van der Waals surface area contributed by atoms with Crippen LogP contribution in [0.1, 0.15) is 18.5 Å². The van der Waals surface area contributed by atoms with Crippen molar-refractivity contribution in [2.24, 2.45) is 0 Å². The van der Waals surface area contributed by atoms with Crippen molar-refractivity contribution in [2.45, 2.75) is 12.8 Å². The minimum Gasteiger partial charge on any atom is -0.240 e. The van der Waals surface area contributed by atoms with E-state index in [1.54, 1.807) is 25.1 Å². The van der Waals surface area contributed by atoms with Crippen molar-refractivity contribution < 1.29 is 0 Å². The lowest BCUT2D eigenvalue weighted by atomic mass is 10.1. The maximum Gasteiger partial charge on any atom is 0.129 e. The molecule has 0 aromatic carbocycles. The highest BCUT2D eigenvalue weighted by Crippen LogP contribution is 2.13. The van der Waals surface area contributed by atoms with Crippen molar-refractivity contribution in [3.05, 3.63) is 29.0 Å². The standard InChI is InChI=1S/C8H7ClN2/c1-6(5-10)7-3-2-4-8(9)11-7/h2-4,6H,1H3. The van der Waals surface area contributed by atoms with Crippen molar-refractivity contribution in [3.8, 4) is 6.07 Å². The zero-order valence-corrected chi connectivity index (χ0v) is 6.84. The SMILES string of the molecule is CC(C#N)c1cccc(Cl)n1. The van der Waals surface area contributed by atoms with Gasteiger partial charge in [-0.15, -0.1) is 0 Å². The van der Waals surface area contributed by atoms with Crippen molar-refractivity contribution >= 4 is 11.6 Å². The first-order valence-corrected chi connectivity index (χ1v) is 3.64. The molecular weight excluding hydrogens is 160 g/mol. The van der Waals surface area contributed by atoms with Gasteiger partial charge in [0.15, 0.2) is 0 Å². The Kier molecular flexibility index (Phi) is 2.45. The highest BCUT2D eigenvalue weighted by atomic mass is 35.5. The van der Waals surface area contributed by atoms with Crippen LogP contribution in [0.15, 0.2) is 18.2 Å². The Morgan fingerprint density at radius 2 is 2.36 bits per heavy atom. The fraction of sp³-hybridized carbons (Fsp3) is 0.250. The van der Waals surface area contributed by atoms with E-state index in [1.807, 2.05) is 0 Å². The fourth-order valence-electron chi connectivity index (χ4n) is 0.731. The second-order valence-corrected chi connectivity index (χ2v) is 2.62. The molecular formula is C8H7ClN2. The highest BCUT2D eigenvalue weighted by molar-refractivity contribution is 6.29. The van der Waals surface area contributed by atoms with Crippen LogP contribution >= 0.6 is 11.6 Å². The Morgan fingerprint density at radius 1 is 1.64 bits per heavy atom.